The van der Waals surface area contributed by atoms with Gasteiger partial charge in [-0.05, 0) is 31.9 Å². The van der Waals surface area contributed by atoms with Crippen LogP contribution in [0.3, 0.4) is 0 Å². The lowest BCUT2D eigenvalue weighted by Crippen LogP contribution is -2.35. The van der Waals surface area contributed by atoms with Crippen LogP contribution >= 0.6 is 0 Å². The third kappa shape index (κ3) is 3.77. The SMILES string of the molecule is CN(CC1CCCCC1)C(CN)c1ccccc1F. The summed E-state index contributed by atoms with van der Waals surface area (Å²) in [6.45, 7) is 1.49. The molecule has 1 unspecified atom stereocenters. The van der Waals surface area contributed by atoms with Crippen molar-refractivity contribution >= 4 is 0 Å². The molecule has 1 fully saturated rings. The number of likely N-dealkylation sites (N-methyl/N-ethyl adjacent to an activating group) is 1. The highest BCUT2D eigenvalue weighted by Gasteiger charge is 2.22. The Labute approximate surface area is 115 Å². The van der Waals surface area contributed by atoms with Crippen LogP contribution in [0.5, 0.6) is 0 Å². The van der Waals surface area contributed by atoms with E-state index < -0.39 is 0 Å². The fourth-order valence-corrected chi connectivity index (χ4v) is 3.19. The highest BCUT2D eigenvalue weighted by Crippen LogP contribution is 2.27. The molecule has 2 nitrogen and oxygen atoms in total. The van der Waals surface area contributed by atoms with E-state index in [0.717, 1.165) is 18.0 Å². The molecule has 2 rings (SSSR count). The van der Waals surface area contributed by atoms with Gasteiger partial charge in [-0.15, -0.1) is 0 Å². The fourth-order valence-electron chi connectivity index (χ4n) is 3.19. The second kappa shape index (κ2) is 7.01. The number of hydrogen-bond donors (Lipinski definition) is 1. The van der Waals surface area contributed by atoms with Gasteiger partial charge in [0.2, 0.25) is 0 Å². The molecule has 0 aliphatic heterocycles. The minimum absolute atomic E-state index is 0.0110. The third-order valence-electron chi connectivity index (χ3n) is 4.29. The molecular weight excluding hydrogens is 239 g/mol. The van der Waals surface area contributed by atoms with E-state index in [0.29, 0.717) is 6.54 Å². The van der Waals surface area contributed by atoms with Gasteiger partial charge in [0.15, 0.2) is 0 Å². The van der Waals surface area contributed by atoms with Gasteiger partial charge in [0.1, 0.15) is 5.82 Å². The van der Waals surface area contributed by atoms with E-state index in [4.69, 9.17) is 5.73 Å². The van der Waals surface area contributed by atoms with Crippen molar-refractivity contribution in [3.63, 3.8) is 0 Å². The molecule has 0 bridgehead atoms. The molecule has 0 amide bonds. The van der Waals surface area contributed by atoms with Gasteiger partial charge >= 0.3 is 0 Å². The Morgan fingerprint density at radius 1 is 1.26 bits per heavy atom. The van der Waals surface area contributed by atoms with Crippen LogP contribution in [0.25, 0.3) is 0 Å². The van der Waals surface area contributed by atoms with Crippen molar-refractivity contribution in [1.29, 1.82) is 0 Å². The van der Waals surface area contributed by atoms with Crippen molar-refractivity contribution < 1.29 is 4.39 Å². The highest BCUT2D eigenvalue weighted by atomic mass is 19.1. The Morgan fingerprint density at radius 3 is 2.58 bits per heavy atom. The van der Waals surface area contributed by atoms with Gasteiger partial charge in [-0.2, -0.15) is 0 Å². The minimum atomic E-state index is -0.145. The Balaban J connectivity index is 2.02. The fraction of sp³-hybridized carbons (Fsp3) is 0.625. The molecule has 1 saturated carbocycles. The van der Waals surface area contributed by atoms with Crippen LogP contribution in [-0.4, -0.2) is 25.0 Å². The van der Waals surface area contributed by atoms with Gasteiger partial charge in [-0.3, -0.25) is 4.90 Å². The summed E-state index contributed by atoms with van der Waals surface area (Å²) in [6, 6.07) is 6.97. The standard InChI is InChI=1S/C16H25FN2/c1-19(12-13-7-3-2-4-8-13)16(11-18)14-9-5-6-10-15(14)17/h5-6,9-10,13,16H,2-4,7-8,11-12,18H2,1H3. The molecule has 1 aromatic carbocycles. The molecular formula is C16H25FN2. The van der Waals surface area contributed by atoms with E-state index in [2.05, 4.69) is 11.9 Å². The van der Waals surface area contributed by atoms with Crippen LogP contribution in [0, 0.1) is 11.7 Å². The van der Waals surface area contributed by atoms with Gasteiger partial charge < -0.3 is 5.73 Å². The molecule has 0 aromatic heterocycles. The van der Waals surface area contributed by atoms with Crippen LogP contribution in [0.2, 0.25) is 0 Å². The number of nitrogens with two attached hydrogens (primary N) is 1. The molecule has 0 radical (unpaired) electrons. The smallest absolute Gasteiger partial charge is 0.128 e. The number of rotatable bonds is 5. The van der Waals surface area contributed by atoms with Crippen molar-refractivity contribution in [1.82, 2.24) is 4.90 Å². The van der Waals surface area contributed by atoms with Crippen LogP contribution in [0.15, 0.2) is 24.3 Å². The maximum atomic E-state index is 13.9. The van der Waals surface area contributed by atoms with E-state index in [1.807, 2.05) is 12.1 Å². The maximum Gasteiger partial charge on any atom is 0.128 e. The zero-order chi connectivity index (χ0) is 13.7. The first-order valence-electron chi connectivity index (χ1n) is 7.37. The average Bonchev–Trinajstić information content (AvgIpc) is 2.43. The topological polar surface area (TPSA) is 29.3 Å². The normalized spacial score (nSPS) is 18.7. The summed E-state index contributed by atoms with van der Waals surface area (Å²) in [5, 5.41) is 0. The summed E-state index contributed by atoms with van der Waals surface area (Å²) in [5.41, 5.74) is 6.60. The zero-order valence-electron chi connectivity index (χ0n) is 11.8. The van der Waals surface area contributed by atoms with Crippen molar-refractivity contribution in [2.24, 2.45) is 11.7 Å². The monoisotopic (exact) mass is 264 g/mol. The molecule has 1 aliphatic carbocycles. The molecule has 3 heteroatoms. The van der Waals surface area contributed by atoms with Crippen molar-refractivity contribution in [2.45, 2.75) is 38.1 Å². The van der Waals surface area contributed by atoms with Gasteiger partial charge in [-0.25, -0.2) is 4.39 Å². The first-order chi connectivity index (χ1) is 9.22. The second-order valence-electron chi connectivity index (χ2n) is 5.72. The van der Waals surface area contributed by atoms with Crippen molar-refractivity contribution in [3.05, 3.63) is 35.6 Å². The Hall–Kier alpha value is -0.930. The summed E-state index contributed by atoms with van der Waals surface area (Å²) in [5.74, 6) is 0.605. The summed E-state index contributed by atoms with van der Waals surface area (Å²) < 4.78 is 13.9. The number of benzene rings is 1. The van der Waals surface area contributed by atoms with Crippen LogP contribution < -0.4 is 5.73 Å². The minimum Gasteiger partial charge on any atom is -0.329 e. The number of nitrogens with zero attached hydrogens (tertiary/aromatic N) is 1. The molecule has 0 spiro atoms. The van der Waals surface area contributed by atoms with Crippen LogP contribution in [0.1, 0.15) is 43.7 Å². The maximum absolute atomic E-state index is 13.9. The number of halogens is 1. The lowest BCUT2D eigenvalue weighted by Gasteiger charge is -2.32. The predicted octanol–water partition coefficient (Wildman–Crippen LogP) is 3.34. The first-order valence-corrected chi connectivity index (χ1v) is 7.37. The van der Waals surface area contributed by atoms with Gasteiger partial charge in [0.25, 0.3) is 0 Å². The lowest BCUT2D eigenvalue weighted by atomic mass is 9.88. The lowest BCUT2D eigenvalue weighted by molar-refractivity contribution is 0.183. The van der Waals surface area contributed by atoms with Crippen molar-refractivity contribution in [3.8, 4) is 0 Å². The molecule has 1 aromatic rings. The number of hydrogen-bond acceptors (Lipinski definition) is 2. The van der Waals surface area contributed by atoms with Gasteiger partial charge in [0, 0.05) is 24.7 Å². The van der Waals surface area contributed by atoms with Crippen LogP contribution in [-0.2, 0) is 0 Å². The van der Waals surface area contributed by atoms with E-state index >= 15 is 0 Å². The summed E-state index contributed by atoms with van der Waals surface area (Å²) in [4.78, 5) is 2.23. The van der Waals surface area contributed by atoms with E-state index in [-0.39, 0.29) is 11.9 Å². The van der Waals surface area contributed by atoms with E-state index in [9.17, 15) is 4.39 Å². The Bertz CT molecular complexity index is 388. The second-order valence-corrected chi connectivity index (χ2v) is 5.72. The molecule has 0 saturated heterocycles. The highest BCUT2D eigenvalue weighted by molar-refractivity contribution is 5.21. The van der Waals surface area contributed by atoms with Gasteiger partial charge in [0.05, 0.1) is 0 Å². The molecule has 0 heterocycles. The third-order valence-corrected chi connectivity index (χ3v) is 4.29. The quantitative estimate of drug-likeness (QED) is 0.884. The van der Waals surface area contributed by atoms with E-state index in [1.165, 1.54) is 38.2 Å². The first kappa shape index (κ1) is 14.5. The van der Waals surface area contributed by atoms with E-state index in [1.54, 1.807) is 6.07 Å². The average molecular weight is 264 g/mol. The zero-order valence-corrected chi connectivity index (χ0v) is 11.8. The largest absolute Gasteiger partial charge is 0.329 e. The summed E-state index contributed by atoms with van der Waals surface area (Å²) in [7, 11) is 2.07. The Morgan fingerprint density at radius 2 is 1.95 bits per heavy atom. The molecule has 2 N–H and O–H groups in total. The Kier molecular flexibility index (Phi) is 5.34. The molecule has 106 valence electrons. The molecule has 19 heavy (non-hydrogen) atoms. The summed E-state index contributed by atoms with van der Waals surface area (Å²) >= 11 is 0. The van der Waals surface area contributed by atoms with Crippen molar-refractivity contribution in [2.75, 3.05) is 20.1 Å². The molecule has 1 aliphatic rings. The molecule has 1 atom stereocenters. The van der Waals surface area contributed by atoms with Gasteiger partial charge in [-0.1, -0.05) is 37.5 Å². The van der Waals surface area contributed by atoms with Crippen LogP contribution in [0.4, 0.5) is 4.39 Å². The summed E-state index contributed by atoms with van der Waals surface area (Å²) in [6.07, 6.45) is 6.66. The predicted molar refractivity (Wildman–Crippen MR) is 77.4 cm³/mol.